The largest absolute Gasteiger partial charge is 0.326 e. The van der Waals surface area contributed by atoms with E-state index in [2.05, 4.69) is 16.0 Å². The molecular weight excluding hydrogens is 254 g/mol. The van der Waals surface area contributed by atoms with E-state index in [0.717, 1.165) is 36.4 Å². The third-order valence-electron chi connectivity index (χ3n) is 3.46. The molecule has 1 aromatic carbocycles. The van der Waals surface area contributed by atoms with Crippen LogP contribution in [-0.2, 0) is 9.59 Å². The van der Waals surface area contributed by atoms with Gasteiger partial charge in [0.1, 0.15) is 0 Å². The van der Waals surface area contributed by atoms with Crippen molar-refractivity contribution in [2.24, 2.45) is 5.92 Å². The Hall–Kier alpha value is -1.88. The first-order valence-corrected chi connectivity index (χ1v) is 6.93. The minimum atomic E-state index is -0.0985. The highest BCUT2D eigenvalue weighted by molar-refractivity contribution is 5.93. The Balaban J connectivity index is 1.93. The lowest BCUT2D eigenvalue weighted by Gasteiger charge is -2.12. The zero-order valence-electron chi connectivity index (χ0n) is 12.0. The highest BCUT2D eigenvalue weighted by atomic mass is 16.2. The molecule has 1 unspecified atom stereocenters. The molecule has 1 fully saturated rings. The zero-order chi connectivity index (χ0) is 14.5. The molecule has 5 heteroatoms. The van der Waals surface area contributed by atoms with E-state index in [1.165, 1.54) is 6.92 Å². The standard InChI is InChI=1S/C15H21N3O2/c1-10-7-13(3-4-14(10)17-11(2)19)18-15(20)8-12-5-6-16-9-12/h3-4,7,12,16H,5-6,8-9H2,1-2H3,(H,17,19)(H,18,20). The lowest BCUT2D eigenvalue weighted by molar-refractivity contribution is -0.117. The molecule has 1 heterocycles. The first-order valence-electron chi connectivity index (χ1n) is 6.93. The summed E-state index contributed by atoms with van der Waals surface area (Å²) >= 11 is 0. The number of aryl methyl sites for hydroxylation is 1. The zero-order valence-corrected chi connectivity index (χ0v) is 12.0. The van der Waals surface area contributed by atoms with E-state index >= 15 is 0 Å². The maximum Gasteiger partial charge on any atom is 0.224 e. The van der Waals surface area contributed by atoms with Gasteiger partial charge in [0.15, 0.2) is 0 Å². The van der Waals surface area contributed by atoms with Gasteiger partial charge in [0, 0.05) is 24.7 Å². The molecule has 5 nitrogen and oxygen atoms in total. The van der Waals surface area contributed by atoms with Crippen LogP contribution in [0.3, 0.4) is 0 Å². The highest BCUT2D eigenvalue weighted by Gasteiger charge is 2.18. The number of amides is 2. The maximum atomic E-state index is 11.9. The van der Waals surface area contributed by atoms with Crippen LogP contribution in [0.5, 0.6) is 0 Å². The maximum absolute atomic E-state index is 11.9. The summed E-state index contributed by atoms with van der Waals surface area (Å²) in [6.07, 6.45) is 1.62. The molecule has 20 heavy (non-hydrogen) atoms. The summed E-state index contributed by atoms with van der Waals surface area (Å²) < 4.78 is 0. The van der Waals surface area contributed by atoms with Gasteiger partial charge in [0.25, 0.3) is 0 Å². The van der Waals surface area contributed by atoms with Crippen molar-refractivity contribution in [3.05, 3.63) is 23.8 Å². The SMILES string of the molecule is CC(=O)Nc1ccc(NC(=O)CC2CCNC2)cc1C. The number of anilines is 2. The minimum Gasteiger partial charge on any atom is -0.326 e. The average Bonchev–Trinajstić information content (AvgIpc) is 2.85. The van der Waals surface area contributed by atoms with Gasteiger partial charge in [-0.15, -0.1) is 0 Å². The Labute approximate surface area is 119 Å². The fourth-order valence-electron chi connectivity index (χ4n) is 2.43. The minimum absolute atomic E-state index is 0.0466. The summed E-state index contributed by atoms with van der Waals surface area (Å²) in [5.74, 6) is 0.388. The lowest BCUT2D eigenvalue weighted by atomic mass is 10.0. The van der Waals surface area contributed by atoms with Crippen molar-refractivity contribution in [3.8, 4) is 0 Å². The predicted molar refractivity (Wildman–Crippen MR) is 79.7 cm³/mol. The van der Waals surface area contributed by atoms with Gasteiger partial charge < -0.3 is 16.0 Å². The fraction of sp³-hybridized carbons (Fsp3) is 0.467. The van der Waals surface area contributed by atoms with Gasteiger partial charge in [-0.3, -0.25) is 9.59 Å². The second-order valence-electron chi connectivity index (χ2n) is 5.32. The number of hydrogen-bond acceptors (Lipinski definition) is 3. The first-order chi connectivity index (χ1) is 9.54. The molecule has 1 saturated heterocycles. The molecule has 0 bridgehead atoms. The molecule has 0 saturated carbocycles. The molecule has 0 aliphatic carbocycles. The Morgan fingerprint density at radius 3 is 2.75 bits per heavy atom. The second kappa shape index (κ2) is 6.52. The molecule has 2 amide bonds. The number of nitrogens with one attached hydrogen (secondary N) is 3. The molecule has 2 rings (SSSR count). The van der Waals surface area contributed by atoms with Crippen LogP contribution in [0.2, 0.25) is 0 Å². The van der Waals surface area contributed by atoms with Crippen molar-refractivity contribution in [3.63, 3.8) is 0 Å². The van der Waals surface area contributed by atoms with Crippen molar-refractivity contribution in [2.45, 2.75) is 26.7 Å². The van der Waals surface area contributed by atoms with Crippen molar-refractivity contribution in [1.82, 2.24) is 5.32 Å². The molecule has 108 valence electrons. The Bertz CT molecular complexity index is 508. The summed E-state index contributed by atoms with van der Waals surface area (Å²) in [6, 6.07) is 5.49. The van der Waals surface area contributed by atoms with Gasteiger partial charge in [-0.1, -0.05) is 0 Å². The van der Waals surface area contributed by atoms with E-state index in [1.807, 2.05) is 25.1 Å². The molecule has 0 aromatic heterocycles. The van der Waals surface area contributed by atoms with E-state index in [9.17, 15) is 9.59 Å². The van der Waals surface area contributed by atoms with Gasteiger partial charge in [-0.2, -0.15) is 0 Å². The van der Waals surface area contributed by atoms with Crippen molar-refractivity contribution < 1.29 is 9.59 Å². The van der Waals surface area contributed by atoms with E-state index in [4.69, 9.17) is 0 Å². The molecule has 0 spiro atoms. The van der Waals surface area contributed by atoms with Crippen LogP contribution in [0.15, 0.2) is 18.2 Å². The number of carbonyl (C=O) groups excluding carboxylic acids is 2. The molecule has 1 aliphatic heterocycles. The third kappa shape index (κ3) is 4.06. The first kappa shape index (κ1) is 14.5. The number of benzene rings is 1. The Kier molecular flexibility index (Phi) is 4.74. The molecule has 1 aromatic rings. The van der Waals surface area contributed by atoms with Gasteiger partial charge in [0.05, 0.1) is 0 Å². The molecule has 3 N–H and O–H groups in total. The van der Waals surface area contributed by atoms with Crippen molar-refractivity contribution >= 4 is 23.2 Å². The van der Waals surface area contributed by atoms with Gasteiger partial charge >= 0.3 is 0 Å². The smallest absolute Gasteiger partial charge is 0.224 e. The van der Waals surface area contributed by atoms with Gasteiger partial charge in [-0.25, -0.2) is 0 Å². The average molecular weight is 275 g/mol. The van der Waals surface area contributed by atoms with Crippen LogP contribution >= 0.6 is 0 Å². The van der Waals surface area contributed by atoms with Gasteiger partial charge in [-0.05, 0) is 56.1 Å². The Morgan fingerprint density at radius 1 is 1.35 bits per heavy atom. The lowest BCUT2D eigenvalue weighted by Crippen LogP contribution is -2.18. The molecule has 1 atom stereocenters. The van der Waals surface area contributed by atoms with Crippen LogP contribution < -0.4 is 16.0 Å². The van der Waals surface area contributed by atoms with E-state index < -0.39 is 0 Å². The monoisotopic (exact) mass is 275 g/mol. The third-order valence-corrected chi connectivity index (χ3v) is 3.46. The fourth-order valence-corrected chi connectivity index (χ4v) is 2.43. The van der Waals surface area contributed by atoms with Crippen LogP contribution in [0.4, 0.5) is 11.4 Å². The summed E-state index contributed by atoms with van der Waals surface area (Å²) in [7, 11) is 0. The van der Waals surface area contributed by atoms with Crippen molar-refractivity contribution in [1.29, 1.82) is 0 Å². The normalized spacial score (nSPS) is 17.8. The number of rotatable bonds is 4. The Morgan fingerprint density at radius 2 is 2.15 bits per heavy atom. The van der Waals surface area contributed by atoms with Crippen molar-refractivity contribution in [2.75, 3.05) is 23.7 Å². The van der Waals surface area contributed by atoms with Crippen LogP contribution in [0.25, 0.3) is 0 Å². The van der Waals surface area contributed by atoms with Crippen LogP contribution in [-0.4, -0.2) is 24.9 Å². The molecule has 1 aliphatic rings. The predicted octanol–water partition coefficient (Wildman–Crippen LogP) is 1.89. The second-order valence-corrected chi connectivity index (χ2v) is 5.32. The summed E-state index contributed by atoms with van der Waals surface area (Å²) in [5.41, 5.74) is 2.48. The van der Waals surface area contributed by atoms with E-state index in [-0.39, 0.29) is 11.8 Å². The van der Waals surface area contributed by atoms with Gasteiger partial charge in [0.2, 0.25) is 11.8 Å². The van der Waals surface area contributed by atoms with E-state index in [1.54, 1.807) is 0 Å². The number of hydrogen-bond donors (Lipinski definition) is 3. The topological polar surface area (TPSA) is 70.2 Å². The van der Waals surface area contributed by atoms with Crippen LogP contribution in [0, 0.1) is 12.8 Å². The summed E-state index contributed by atoms with van der Waals surface area (Å²) in [6.45, 7) is 5.31. The highest BCUT2D eigenvalue weighted by Crippen LogP contribution is 2.20. The molecular formula is C15H21N3O2. The molecule has 0 radical (unpaired) electrons. The van der Waals surface area contributed by atoms with E-state index in [0.29, 0.717) is 12.3 Å². The van der Waals surface area contributed by atoms with Crippen LogP contribution in [0.1, 0.15) is 25.3 Å². The summed E-state index contributed by atoms with van der Waals surface area (Å²) in [5, 5.41) is 8.92. The summed E-state index contributed by atoms with van der Waals surface area (Å²) in [4.78, 5) is 23.0. The quantitative estimate of drug-likeness (QED) is 0.786. The number of carbonyl (C=O) groups is 2.